The van der Waals surface area contributed by atoms with Crippen LogP contribution in [0.2, 0.25) is 0 Å². The summed E-state index contributed by atoms with van der Waals surface area (Å²) >= 11 is 0. The van der Waals surface area contributed by atoms with Crippen LogP contribution in [0.5, 0.6) is 0 Å². The Morgan fingerprint density at radius 3 is 2.57 bits per heavy atom. The molecule has 0 fully saturated rings. The van der Waals surface area contributed by atoms with Crippen molar-refractivity contribution in [1.82, 2.24) is 0 Å². The third kappa shape index (κ3) is 5.96. The second-order valence-corrected chi connectivity index (χ2v) is 1.83. The molecular weight excluding hydrogens is 88.1 g/mol. The Balaban J connectivity index is 2.93. The van der Waals surface area contributed by atoms with E-state index in [0.29, 0.717) is 0 Å². The van der Waals surface area contributed by atoms with E-state index in [1.165, 1.54) is 0 Å². The first-order valence-corrected chi connectivity index (χ1v) is 2.73. The zero-order chi connectivity index (χ0) is 6.57. The smallest absolute Gasteiger partial charge is 0.0512 e. The van der Waals surface area contributed by atoms with Crippen LogP contribution in [0, 0.1) is 0 Å². The van der Waals surface area contributed by atoms with Gasteiger partial charge in [0, 0.05) is 1.37 Å². The molecule has 2 unspecified atom stereocenters. The van der Waals surface area contributed by atoms with Gasteiger partial charge >= 0.3 is 0 Å². The molecule has 0 aromatic heterocycles. The molecule has 0 aliphatic carbocycles. The van der Waals surface area contributed by atoms with Gasteiger partial charge in [-0.2, -0.15) is 0 Å². The van der Waals surface area contributed by atoms with E-state index in [0.717, 1.165) is 12.8 Å². The summed E-state index contributed by atoms with van der Waals surface area (Å²) < 4.78 is 7.06. The second kappa shape index (κ2) is 4.13. The SMILES string of the molecule is [2H]C(C)CCC(C)O. The molecule has 0 saturated carbocycles. The van der Waals surface area contributed by atoms with E-state index in [-0.39, 0.29) is 12.5 Å². The van der Waals surface area contributed by atoms with Crippen molar-refractivity contribution < 1.29 is 6.48 Å². The predicted molar refractivity (Wildman–Crippen MR) is 31.2 cm³/mol. The van der Waals surface area contributed by atoms with E-state index in [9.17, 15) is 0 Å². The molecule has 7 heavy (non-hydrogen) atoms. The number of hydrogen-bond donors (Lipinski definition) is 1. The van der Waals surface area contributed by atoms with Gasteiger partial charge in [-0.15, -0.1) is 0 Å². The summed E-state index contributed by atoms with van der Waals surface area (Å²) in [4.78, 5) is 0. The number of hydrogen-bond acceptors (Lipinski definition) is 1. The van der Waals surface area contributed by atoms with Crippen LogP contribution in [0.15, 0.2) is 0 Å². The van der Waals surface area contributed by atoms with Crippen LogP contribution in [0.1, 0.15) is 34.5 Å². The lowest BCUT2D eigenvalue weighted by atomic mass is 10.2. The standard InChI is InChI=1S/C6H14O/c1-3-4-5-6(2)7/h6-7H,3-5H2,1-2H3/i3D. The fourth-order valence-electron chi connectivity index (χ4n) is 0.408. The molecule has 0 amide bonds. The number of aliphatic hydroxyl groups is 1. The topological polar surface area (TPSA) is 20.2 Å². The van der Waals surface area contributed by atoms with Crippen LogP contribution in [-0.2, 0) is 0 Å². The zero-order valence-corrected chi connectivity index (χ0v) is 5.02. The van der Waals surface area contributed by atoms with E-state index in [2.05, 4.69) is 0 Å². The van der Waals surface area contributed by atoms with Gasteiger partial charge in [-0.1, -0.05) is 19.7 Å². The van der Waals surface area contributed by atoms with Crippen molar-refractivity contribution in [1.29, 1.82) is 0 Å². The normalized spacial score (nSPS) is 20.7. The number of rotatable bonds is 3. The Labute approximate surface area is 46.8 Å². The molecule has 1 N–H and O–H groups in total. The summed E-state index contributed by atoms with van der Waals surface area (Å²) in [5.41, 5.74) is 0. The van der Waals surface area contributed by atoms with Crippen molar-refractivity contribution in [2.45, 2.75) is 39.2 Å². The molecule has 0 saturated heterocycles. The van der Waals surface area contributed by atoms with Crippen LogP contribution >= 0.6 is 0 Å². The highest BCUT2D eigenvalue weighted by molar-refractivity contribution is 4.43. The molecule has 0 heterocycles. The predicted octanol–water partition coefficient (Wildman–Crippen LogP) is 1.56. The zero-order valence-electron chi connectivity index (χ0n) is 6.02. The van der Waals surface area contributed by atoms with Gasteiger partial charge in [0.1, 0.15) is 0 Å². The first-order chi connectivity index (χ1) is 3.63. The molecule has 0 rings (SSSR count). The lowest BCUT2D eigenvalue weighted by Gasteiger charge is -1.98. The Kier molecular flexibility index (Phi) is 3.01. The molecule has 2 atom stereocenters. The maximum absolute atomic E-state index is 8.72. The van der Waals surface area contributed by atoms with Crippen LogP contribution < -0.4 is 0 Å². The molecule has 0 radical (unpaired) electrons. The quantitative estimate of drug-likeness (QED) is 0.574. The van der Waals surface area contributed by atoms with Crippen molar-refractivity contribution in [2.75, 3.05) is 0 Å². The molecule has 0 aromatic rings. The second-order valence-electron chi connectivity index (χ2n) is 1.83. The summed E-state index contributed by atoms with van der Waals surface area (Å²) in [6.07, 6.45) is 1.30. The molecule has 0 aromatic carbocycles. The van der Waals surface area contributed by atoms with Crippen LogP contribution in [0.25, 0.3) is 0 Å². The Hall–Kier alpha value is -0.0400. The van der Waals surface area contributed by atoms with Crippen LogP contribution in [0.4, 0.5) is 0 Å². The van der Waals surface area contributed by atoms with Crippen molar-refractivity contribution in [3.63, 3.8) is 0 Å². The van der Waals surface area contributed by atoms with Gasteiger partial charge in [-0.25, -0.2) is 0 Å². The van der Waals surface area contributed by atoms with Crippen molar-refractivity contribution >= 4 is 0 Å². The molecule has 0 spiro atoms. The molecule has 0 aliphatic heterocycles. The molecule has 44 valence electrons. The van der Waals surface area contributed by atoms with Crippen molar-refractivity contribution in [3.8, 4) is 0 Å². The van der Waals surface area contributed by atoms with Gasteiger partial charge in [0.15, 0.2) is 0 Å². The highest BCUT2D eigenvalue weighted by atomic mass is 16.3. The summed E-state index contributed by atoms with van der Waals surface area (Å²) in [5.74, 6) is 0. The van der Waals surface area contributed by atoms with Gasteiger partial charge in [0.05, 0.1) is 6.10 Å². The van der Waals surface area contributed by atoms with E-state index in [4.69, 9.17) is 6.48 Å². The van der Waals surface area contributed by atoms with E-state index < -0.39 is 0 Å². The maximum atomic E-state index is 8.72. The first kappa shape index (κ1) is 5.10. The molecule has 1 heteroatoms. The average Bonchev–Trinajstić information content (AvgIpc) is 1.61. The third-order valence-electron chi connectivity index (χ3n) is 0.873. The molecular formula is C6H14O. The Morgan fingerprint density at radius 2 is 2.43 bits per heavy atom. The average molecular weight is 103 g/mol. The van der Waals surface area contributed by atoms with Gasteiger partial charge in [0.2, 0.25) is 0 Å². The minimum absolute atomic E-state index is 0.0235. The molecule has 0 aliphatic rings. The minimum atomic E-state index is -0.234. The fraction of sp³-hybridized carbons (Fsp3) is 1.00. The highest BCUT2D eigenvalue weighted by Gasteiger charge is 1.90. The third-order valence-corrected chi connectivity index (χ3v) is 0.873. The maximum Gasteiger partial charge on any atom is 0.0512 e. The van der Waals surface area contributed by atoms with Gasteiger partial charge < -0.3 is 5.11 Å². The molecule has 1 nitrogen and oxygen atoms in total. The summed E-state index contributed by atoms with van der Waals surface area (Å²) in [6.45, 7) is 3.59. The van der Waals surface area contributed by atoms with E-state index in [1.807, 2.05) is 6.92 Å². The minimum Gasteiger partial charge on any atom is -0.393 e. The van der Waals surface area contributed by atoms with Crippen molar-refractivity contribution in [2.24, 2.45) is 0 Å². The van der Waals surface area contributed by atoms with E-state index >= 15 is 0 Å². The first-order valence-electron chi connectivity index (χ1n) is 3.31. The monoisotopic (exact) mass is 103 g/mol. The van der Waals surface area contributed by atoms with Crippen molar-refractivity contribution in [3.05, 3.63) is 0 Å². The highest BCUT2D eigenvalue weighted by Crippen LogP contribution is 1.97. The van der Waals surface area contributed by atoms with Gasteiger partial charge in [-0.05, 0) is 13.3 Å². The fourth-order valence-corrected chi connectivity index (χ4v) is 0.408. The van der Waals surface area contributed by atoms with Crippen LogP contribution in [0.3, 0.4) is 0 Å². The largest absolute Gasteiger partial charge is 0.393 e. The Bertz CT molecular complexity index is 44.5. The lowest BCUT2D eigenvalue weighted by molar-refractivity contribution is 0.181. The van der Waals surface area contributed by atoms with E-state index in [1.54, 1.807) is 6.92 Å². The van der Waals surface area contributed by atoms with Crippen LogP contribution in [-0.4, -0.2) is 11.2 Å². The lowest BCUT2D eigenvalue weighted by Crippen LogP contribution is -1.97. The number of aliphatic hydroxyl groups excluding tert-OH is 1. The Morgan fingerprint density at radius 1 is 1.86 bits per heavy atom. The molecule has 0 bridgehead atoms. The van der Waals surface area contributed by atoms with Gasteiger partial charge in [0.25, 0.3) is 0 Å². The summed E-state index contributed by atoms with van der Waals surface area (Å²) in [6, 6.07) is 0. The summed E-state index contributed by atoms with van der Waals surface area (Å²) in [7, 11) is 0. The summed E-state index contributed by atoms with van der Waals surface area (Å²) in [5, 5.41) is 8.72. The van der Waals surface area contributed by atoms with Gasteiger partial charge in [-0.3, -0.25) is 0 Å².